The maximum Gasteiger partial charge on any atom is 0.344 e. The van der Waals surface area contributed by atoms with Gasteiger partial charge in [0.2, 0.25) is 0 Å². The van der Waals surface area contributed by atoms with E-state index in [0.717, 1.165) is 16.7 Å². The number of methoxy groups -OCH3 is 1. The zero-order valence-corrected chi connectivity index (χ0v) is 17.4. The number of nitrogens with one attached hydrogen (secondary N) is 1. The van der Waals surface area contributed by atoms with E-state index in [1.807, 2.05) is 57.2 Å². The van der Waals surface area contributed by atoms with Crippen LogP contribution in [0.5, 0.6) is 11.5 Å². The van der Waals surface area contributed by atoms with Gasteiger partial charge in [0.25, 0.3) is 5.91 Å². The summed E-state index contributed by atoms with van der Waals surface area (Å²) in [6, 6.07) is 11.1. The van der Waals surface area contributed by atoms with Crippen molar-refractivity contribution in [2.24, 2.45) is 0 Å². The molecule has 0 aliphatic rings. The van der Waals surface area contributed by atoms with Crippen LogP contribution in [0.15, 0.2) is 42.5 Å². The van der Waals surface area contributed by atoms with Crippen LogP contribution >= 0.6 is 0 Å². The smallest absolute Gasteiger partial charge is 0.344 e. The number of aryl methyl sites for hydroxylation is 2. The van der Waals surface area contributed by atoms with E-state index < -0.39 is 18.0 Å². The first-order chi connectivity index (χ1) is 13.8. The van der Waals surface area contributed by atoms with Crippen LogP contribution in [0.4, 0.5) is 5.69 Å². The number of carbonyl (C=O) groups excluding carboxylic acids is 2. The fourth-order valence-corrected chi connectivity index (χ4v) is 2.63. The molecule has 2 aromatic rings. The lowest BCUT2D eigenvalue weighted by atomic mass is 10.1. The van der Waals surface area contributed by atoms with Gasteiger partial charge in [-0.3, -0.25) is 4.79 Å². The SMILES string of the molecule is C/C=C/c1ccc(OCC(=O)O[C@@H](C)C(=O)Nc2cc(C)ccc2C)c(OC)c1. The number of ether oxygens (including phenoxy) is 3. The van der Waals surface area contributed by atoms with E-state index in [0.29, 0.717) is 17.2 Å². The number of hydrogen-bond acceptors (Lipinski definition) is 5. The molecule has 0 fully saturated rings. The van der Waals surface area contributed by atoms with Gasteiger partial charge >= 0.3 is 5.97 Å². The molecular formula is C23H27NO5. The van der Waals surface area contributed by atoms with Gasteiger partial charge in [0.1, 0.15) is 0 Å². The second-order valence-electron chi connectivity index (χ2n) is 6.64. The minimum atomic E-state index is -0.954. The van der Waals surface area contributed by atoms with Crippen LogP contribution in [0.2, 0.25) is 0 Å². The van der Waals surface area contributed by atoms with E-state index in [2.05, 4.69) is 5.32 Å². The second-order valence-corrected chi connectivity index (χ2v) is 6.64. The maximum atomic E-state index is 12.3. The van der Waals surface area contributed by atoms with Crippen molar-refractivity contribution in [3.63, 3.8) is 0 Å². The van der Waals surface area contributed by atoms with E-state index in [-0.39, 0.29) is 6.61 Å². The van der Waals surface area contributed by atoms with Gasteiger partial charge in [-0.05, 0) is 62.6 Å². The monoisotopic (exact) mass is 397 g/mol. The van der Waals surface area contributed by atoms with Crippen molar-refractivity contribution in [1.82, 2.24) is 0 Å². The Hall–Kier alpha value is -3.28. The van der Waals surface area contributed by atoms with Gasteiger partial charge in [0.05, 0.1) is 7.11 Å². The topological polar surface area (TPSA) is 73.9 Å². The second kappa shape index (κ2) is 10.3. The maximum absolute atomic E-state index is 12.3. The number of benzene rings is 2. The van der Waals surface area contributed by atoms with E-state index >= 15 is 0 Å². The number of amides is 1. The Morgan fingerprint density at radius 2 is 1.86 bits per heavy atom. The first-order valence-electron chi connectivity index (χ1n) is 9.35. The summed E-state index contributed by atoms with van der Waals surface area (Å²) < 4.78 is 16.0. The lowest BCUT2D eigenvalue weighted by Gasteiger charge is -2.16. The van der Waals surface area contributed by atoms with Gasteiger partial charge in [-0.1, -0.05) is 30.4 Å². The van der Waals surface area contributed by atoms with Crippen molar-refractivity contribution in [2.45, 2.75) is 33.8 Å². The molecule has 2 aromatic carbocycles. The Bertz CT molecular complexity index is 904. The van der Waals surface area contributed by atoms with Crippen molar-refractivity contribution in [1.29, 1.82) is 0 Å². The summed E-state index contributed by atoms with van der Waals surface area (Å²) in [7, 11) is 1.53. The normalized spacial score (nSPS) is 11.8. The number of anilines is 1. The molecule has 0 radical (unpaired) electrons. The zero-order chi connectivity index (χ0) is 21.4. The molecule has 0 saturated heterocycles. The highest BCUT2D eigenvalue weighted by molar-refractivity contribution is 5.95. The van der Waals surface area contributed by atoms with Gasteiger partial charge < -0.3 is 19.5 Å². The Morgan fingerprint density at radius 1 is 1.10 bits per heavy atom. The molecule has 6 heteroatoms. The third kappa shape index (κ3) is 6.38. The average Bonchev–Trinajstić information content (AvgIpc) is 2.69. The number of rotatable bonds is 8. The summed E-state index contributed by atoms with van der Waals surface area (Å²) in [6.45, 7) is 6.94. The third-order valence-corrected chi connectivity index (χ3v) is 4.22. The fraction of sp³-hybridized carbons (Fsp3) is 0.304. The highest BCUT2D eigenvalue weighted by Crippen LogP contribution is 2.28. The molecule has 0 aliphatic heterocycles. The lowest BCUT2D eigenvalue weighted by molar-refractivity contribution is -0.155. The molecule has 0 unspecified atom stereocenters. The molecule has 1 N–H and O–H groups in total. The molecule has 0 bridgehead atoms. The molecule has 0 aliphatic carbocycles. The Morgan fingerprint density at radius 3 is 2.55 bits per heavy atom. The summed E-state index contributed by atoms with van der Waals surface area (Å²) in [5.74, 6) is -0.118. The Balaban J connectivity index is 1.91. The van der Waals surface area contributed by atoms with Crippen LogP contribution in [0.3, 0.4) is 0 Å². The standard InChI is InChI=1S/C23H27NO5/c1-6-7-18-10-11-20(21(13-18)27-5)28-14-22(25)29-17(4)23(26)24-19-12-15(2)8-9-16(19)3/h6-13,17H,14H2,1-5H3,(H,24,26)/b7-6+/t17-/m0/s1. The van der Waals surface area contributed by atoms with Gasteiger partial charge in [0, 0.05) is 5.69 Å². The highest BCUT2D eigenvalue weighted by Gasteiger charge is 2.19. The first kappa shape index (κ1) is 22.0. The van der Waals surface area contributed by atoms with Crippen molar-refractivity contribution in [2.75, 3.05) is 19.0 Å². The highest BCUT2D eigenvalue weighted by atomic mass is 16.6. The van der Waals surface area contributed by atoms with Gasteiger partial charge in [-0.15, -0.1) is 0 Å². The number of esters is 1. The molecule has 1 atom stereocenters. The third-order valence-electron chi connectivity index (χ3n) is 4.22. The lowest BCUT2D eigenvalue weighted by Crippen LogP contribution is -2.31. The average molecular weight is 397 g/mol. The van der Waals surface area contributed by atoms with Crippen molar-refractivity contribution >= 4 is 23.6 Å². The first-order valence-corrected chi connectivity index (χ1v) is 9.35. The van der Waals surface area contributed by atoms with E-state index in [9.17, 15) is 9.59 Å². The predicted octanol–water partition coefficient (Wildman–Crippen LogP) is 4.29. The van der Waals surface area contributed by atoms with Crippen LogP contribution in [0, 0.1) is 13.8 Å². The molecule has 2 rings (SSSR count). The largest absolute Gasteiger partial charge is 0.493 e. The summed E-state index contributed by atoms with van der Waals surface area (Å²) in [5.41, 5.74) is 3.61. The van der Waals surface area contributed by atoms with Crippen molar-refractivity contribution < 1.29 is 23.8 Å². The Kier molecular flexibility index (Phi) is 7.83. The van der Waals surface area contributed by atoms with Crippen LogP contribution in [-0.2, 0) is 14.3 Å². The quantitative estimate of drug-likeness (QED) is 0.673. The van der Waals surface area contributed by atoms with Gasteiger partial charge in [-0.2, -0.15) is 0 Å². The minimum Gasteiger partial charge on any atom is -0.493 e. The molecule has 0 heterocycles. The van der Waals surface area contributed by atoms with Crippen LogP contribution in [-0.4, -0.2) is 31.7 Å². The number of carbonyl (C=O) groups is 2. The predicted molar refractivity (Wildman–Crippen MR) is 113 cm³/mol. The van der Waals surface area contributed by atoms with Crippen molar-refractivity contribution in [3.05, 3.63) is 59.2 Å². The molecule has 29 heavy (non-hydrogen) atoms. The van der Waals surface area contributed by atoms with Crippen molar-refractivity contribution in [3.8, 4) is 11.5 Å². The van der Waals surface area contributed by atoms with Crippen LogP contribution < -0.4 is 14.8 Å². The summed E-state index contributed by atoms with van der Waals surface area (Å²) >= 11 is 0. The molecule has 154 valence electrons. The van der Waals surface area contributed by atoms with E-state index in [4.69, 9.17) is 14.2 Å². The summed E-state index contributed by atoms with van der Waals surface area (Å²) in [4.78, 5) is 24.4. The van der Waals surface area contributed by atoms with Crippen LogP contribution in [0.1, 0.15) is 30.5 Å². The molecule has 1 amide bonds. The van der Waals surface area contributed by atoms with Gasteiger partial charge in [0.15, 0.2) is 24.2 Å². The minimum absolute atomic E-state index is 0.333. The number of hydrogen-bond donors (Lipinski definition) is 1. The van der Waals surface area contributed by atoms with Gasteiger partial charge in [-0.25, -0.2) is 4.79 Å². The Labute approximate surface area is 171 Å². The summed E-state index contributed by atoms with van der Waals surface area (Å²) in [5, 5.41) is 2.78. The molecular weight excluding hydrogens is 370 g/mol. The van der Waals surface area contributed by atoms with Crippen LogP contribution in [0.25, 0.3) is 6.08 Å². The van der Waals surface area contributed by atoms with E-state index in [1.54, 1.807) is 12.1 Å². The summed E-state index contributed by atoms with van der Waals surface area (Å²) in [6.07, 6.45) is 2.89. The molecule has 0 aromatic heterocycles. The van der Waals surface area contributed by atoms with E-state index in [1.165, 1.54) is 14.0 Å². The molecule has 0 spiro atoms. The zero-order valence-electron chi connectivity index (χ0n) is 17.4. The molecule has 0 saturated carbocycles. The number of allylic oxidation sites excluding steroid dienone is 1. The fourth-order valence-electron chi connectivity index (χ4n) is 2.63. The molecule has 6 nitrogen and oxygen atoms in total.